The number of hydrogen-bond acceptors (Lipinski definition) is 4. The van der Waals surface area contributed by atoms with Gasteiger partial charge in [-0.15, -0.1) is 0 Å². The Labute approximate surface area is 117 Å². The normalized spacial score (nSPS) is 17.6. The molecule has 1 aromatic rings. The standard InChI is InChI=1S/C13H18ClN3O2/c1-16-7-5-10(6-8-16)15-9-11-12(14)3-2-4-13(11)17(18)19/h2-4,10,15H,5-9H2,1H3. The van der Waals surface area contributed by atoms with E-state index in [1.807, 2.05) is 0 Å². The van der Waals surface area contributed by atoms with Crippen LogP contribution in [0, 0.1) is 10.1 Å². The molecule has 0 aromatic heterocycles. The van der Waals surface area contributed by atoms with Gasteiger partial charge in [-0.05, 0) is 39.0 Å². The highest BCUT2D eigenvalue weighted by atomic mass is 35.5. The van der Waals surface area contributed by atoms with Gasteiger partial charge in [-0.1, -0.05) is 17.7 Å². The number of hydrogen-bond donors (Lipinski definition) is 1. The van der Waals surface area contributed by atoms with Gasteiger partial charge < -0.3 is 10.2 Å². The van der Waals surface area contributed by atoms with Crippen molar-refractivity contribution in [2.45, 2.75) is 25.4 Å². The van der Waals surface area contributed by atoms with Crippen molar-refractivity contribution in [2.24, 2.45) is 0 Å². The molecule has 0 unspecified atom stereocenters. The molecule has 1 heterocycles. The van der Waals surface area contributed by atoms with Gasteiger partial charge in [0.2, 0.25) is 0 Å². The predicted octanol–water partition coefficient (Wildman–Crippen LogP) is 2.43. The molecule has 0 bridgehead atoms. The molecule has 0 atom stereocenters. The fourth-order valence-corrected chi connectivity index (χ4v) is 2.59. The van der Waals surface area contributed by atoms with Gasteiger partial charge in [-0.25, -0.2) is 0 Å². The SMILES string of the molecule is CN1CCC(NCc2c(Cl)cccc2[N+](=O)[O-])CC1. The number of rotatable bonds is 4. The molecule has 1 saturated heterocycles. The first kappa shape index (κ1) is 14.2. The Morgan fingerprint density at radius 2 is 2.16 bits per heavy atom. The summed E-state index contributed by atoms with van der Waals surface area (Å²) in [7, 11) is 2.11. The average Bonchev–Trinajstić information content (AvgIpc) is 2.39. The summed E-state index contributed by atoms with van der Waals surface area (Å²) in [5, 5.41) is 14.8. The van der Waals surface area contributed by atoms with Crippen LogP contribution in [0.4, 0.5) is 5.69 Å². The Bertz CT molecular complexity index is 459. The summed E-state index contributed by atoms with van der Waals surface area (Å²) in [5.41, 5.74) is 0.668. The molecule has 2 rings (SSSR count). The van der Waals surface area contributed by atoms with Gasteiger partial charge >= 0.3 is 0 Å². The second kappa shape index (κ2) is 6.32. The quantitative estimate of drug-likeness (QED) is 0.681. The van der Waals surface area contributed by atoms with E-state index < -0.39 is 0 Å². The lowest BCUT2D eigenvalue weighted by molar-refractivity contribution is -0.385. The highest BCUT2D eigenvalue weighted by molar-refractivity contribution is 6.31. The Morgan fingerprint density at radius 3 is 2.79 bits per heavy atom. The van der Waals surface area contributed by atoms with Gasteiger partial charge in [0.1, 0.15) is 0 Å². The molecular weight excluding hydrogens is 266 g/mol. The van der Waals surface area contributed by atoms with Gasteiger partial charge in [0, 0.05) is 18.7 Å². The van der Waals surface area contributed by atoms with Crippen LogP contribution in [0.3, 0.4) is 0 Å². The number of nitrogens with zero attached hydrogens (tertiary/aromatic N) is 2. The van der Waals surface area contributed by atoms with E-state index in [9.17, 15) is 10.1 Å². The molecule has 1 N–H and O–H groups in total. The highest BCUT2D eigenvalue weighted by Crippen LogP contribution is 2.26. The van der Waals surface area contributed by atoms with Crippen LogP contribution in [0.15, 0.2) is 18.2 Å². The summed E-state index contributed by atoms with van der Waals surface area (Å²) in [6.45, 7) is 2.56. The fraction of sp³-hybridized carbons (Fsp3) is 0.538. The second-order valence-electron chi connectivity index (χ2n) is 4.95. The summed E-state index contributed by atoms with van der Waals surface area (Å²) >= 11 is 6.06. The molecular formula is C13H18ClN3O2. The lowest BCUT2D eigenvalue weighted by Gasteiger charge is -2.29. The van der Waals surface area contributed by atoms with Crippen LogP contribution in [0.1, 0.15) is 18.4 Å². The number of nitro benzene ring substituents is 1. The largest absolute Gasteiger partial charge is 0.310 e. The predicted molar refractivity (Wildman–Crippen MR) is 75.5 cm³/mol. The number of nitro groups is 1. The Morgan fingerprint density at radius 1 is 1.47 bits per heavy atom. The van der Waals surface area contributed by atoms with Crippen LogP contribution >= 0.6 is 11.6 Å². The van der Waals surface area contributed by atoms with Gasteiger partial charge in [-0.3, -0.25) is 10.1 Å². The third-order valence-corrected chi connectivity index (χ3v) is 3.93. The van der Waals surface area contributed by atoms with Crippen LogP contribution < -0.4 is 5.32 Å². The molecule has 5 nitrogen and oxygen atoms in total. The number of benzene rings is 1. The molecule has 0 aliphatic carbocycles. The summed E-state index contributed by atoms with van der Waals surface area (Å²) in [5.74, 6) is 0. The van der Waals surface area contributed by atoms with E-state index in [1.165, 1.54) is 6.07 Å². The third-order valence-electron chi connectivity index (χ3n) is 3.58. The van der Waals surface area contributed by atoms with Crippen molar-refractivity contribution in [3.05, 3.63) is 38.9 Å². The molecule has 104 valence electrons. The molecule has 1 aliphatic rings. The van der Waals surface area contributed by atoms with Crippen LogP contribution in [0.5, 0.6) is 0 Å². The first-order valence-electron chi connectivity index (χ1n) is 6.41. The Kier molecular flexibility index (Phi) is 4.74. The first-order chi connectivity index (χ1) is 9.08. The van der Waals surface area contributed by atoms with Crippen molar-refractivity contribution in [2.75, 3.05) is 20.1 Å². The summed E-state index contributed by atoms with van der Waals surface area (Å²) in [6.07, 6.45) is 2.13. The molecule has 0 saturated carbocycles. The minimum Gasteiger partial charge on any atom is -0.310 e. The Hall–Kier alpha value is -1.17. The van der Waals surface area contributed by atoms with E-state index in [1.54, 1.807) is 12.1 Å². The molecule has 6 heteroatoms. The minimum absolute atomic E-state index is 0.0907. The number of piperidine rings is 1. The molecule has 1 fully saturated rings. The molecule has 19 heavy (non-hydrogen) atoms. The van der Waals surface area contributed by atoms with Crippen LogP contribution in [-0.2, 0) is 6.54 Å². The van der Waals surface area contributed by atoms with Crippen molar-refractivity contribution in [1.29, 1.82) is 0 Å². The number of nitrogens with one attached hydrogen (secondary N) is 1. The van der Waals surface area contributed by atoms with E-state index >= 15 is 0 Å². The summed E-state index contributed by atoms with van der Waals surface area (Å²) in [6, 6.07) is 5.21. The number of likely N-dealkylation sites (tertiary alicyclic amines) is 1. The van der Waals surface area contributed by atoms with Crippen LogP contribution in [-0.4, -0.2) is 36.0 Å². The molecule has 0 radical (unpaired) electrons. The van der Waals surface area contributed by atoms with Gasteiger partial charge in [0.05, 0.1) is 15.5 Å². The second-order valence-corrected chi connectivity index (χ2v) is 5.36. The van der Waals surface area contributed by atoms with Crippen molar-refractivity contribution in [1.82, 2.24) is 10.2 Å². The molecule has 1 aliphatic heterocycles. The Balaban J connectivity index is 2.01. The fourth-order valence-electron chi connectivity index (χ4n) is 2.35. The van der Waals surface area contributed by atoms with Crippen molar-refractivity contribution >= 4 is 17.3 Å². The van der Waals surface area contributed by atoms with E-state index in [4.69, 9.17) is 11.6 Å². The third kappa shape index (κ3) is 3.65. The van der Waals surface area contributed by atoms with Crippen LogP contribution in [0.2, 0.25) is 5.02 Å². The zero-order valence-electron chi connectivity index (χ0n) is 10.9. The van der Waals surface area contributed by atoms with Gasteiger partial charge in [-0.2, -0.15) is 0 Å². The van der Waals surface area contributed by atoms with Gasteiger partial charge in [0.15, 0.2) is 0 Å². The zero-order valence-corrected chi connectivity index (χ0v) is 11.7. The molecule has 1 aromatic carbocycles. The zero-order chi connectivity index (χ0) is 13.8. The van der Waals surface area contributed by atoms with Crippen molar-refractivity contribution < 1.29 is 4.92 Å². The maximum Gasteiger partial charge on any atom is 0.275 e. The highest BCUT2D eigenvalue weighted by Gasteiger charge is 2.20. The lowest BCUT2D eigenvalue weighted by atomic mass is 10.0. The smallest absolute Gasteiger partial charge is 0.275 e. The van der Waals surface area contributed by atoms with E-state index in [0.717, 1.165) is 25.9 Å². The van der Waals surface area contributed by atoms with E-state index in [-0.39, 0.29) is 10.6 Å². The number of halogens is 1. The van der Waals surface area contributed by atoms with E-state index in [0.29, 0.717) is 23.2 Å². The first-order valence-corrected chi connectivity index (χ1v) is 6.79. The lowest BCUT2D eigenvalue weighted by Crippen LogP contribution is -2.40. The average molecular weight is 284 g/mol. The minimum atomic E-state index is -0.377. The monoisotopic (exact) mass is 283 g/mol. The van der Waals surface area contributed by atoms with Crippen molar-refractivity contribution in [3.8, 4) is 0 Å². The van der Waals surface area contributed by atoms with Crippen molar-refractivity contribution in [3.63, 3.8) is 0 Å². The summed E-state index contributed by atoms with van der Waals surface area (Å²) < 4.78 is 0. The molecule has 0 amide bonds. The van der Waals surface area contributed by atoms with E-state index in [2.05, 4.69) is 17.3 Å². The van der Waals surface area contributed by atoms with Gasteiger partial charge in [0.25, 0.3) is 5.69 Å². The maximum atomic E-state index is 11.0. The summed E-state index contributed by atoms with van der Waals surface area (Å²) in [4.78, 5) is 12.9. The van der Waals surface area contributed by atoms with Crippen LogP contribution in [0.25, 0.3) is 0 Å². The molecule has 0 spiro atoms. The topological polar surface area (TPSA) is 58.4 Å². The maximum absolute atomic E-state index is 11.0.